The number of carbonyl (C=O) groups excluding carboxylic acids is 2. The highest BCUT2D eigenvalue weighted by atomic mass is 32.1. The number of fused-ring (bicyclic) bond motifs is 1. The first-order chi connectivity index (χ1) is 15.4. The number of esters is 1. The molecule has 0 unspecified atom stereocenters. The van der Waals surface area contributed by atoms with Crippen LogP contribution in [-0.2, 0) is 9.53 Å². The van der Waals surface area contributed by atoms with E-state index in [1.165, 1.54) is 29.6 Å². The van der Waals surface area contributed by atoms with E-state index in [1.807, 2.05) is 31.2 Å². The Balaban J connectivity index is 1.62. The van der Waals surface area contributed by atoms with Crippen LogP contribution in [0.1, 0.15) is 34.9 Å². The zero-order valence-corrected chi connectivity index (χ0v) is 19.5. The predicted octanol–water partition coefficient (Wildman–Crippen LogP) is 5.36. The third-order valence-electron chi connectivity index (χ3n) is 4.47. The van der Waals surface area contributed by atoms with Gasteiger partial charge < -0.3 is 14.8 Å². The SMILES string of the molecule is CCOC(=O)c1sc2nc(C)nc(Oc3ccc(-c4cnc(NC(C)=O)s4)cc3)c2c1C. The lowest BCUT2D eigenvalue weighted by Crippen LogP contribution is -2.04. The molecule has 3 aromatic heterocycles. The highest BCUT2D eigenvalue weighted by Crippen LogP contribution is 2.38. The quantitative estimate of drug-likeness (QED) is 0.380. The van der Waals surface area contributed by atoms with Crippen LogP contribution in [0.4, 0.5) is 5.13 Å². The summed E-state index contributed by atoms with van der Waals surface area (Å²) in [4.78, 5) is 38.7. The molecule has 0 aliphatic rings. The number of hydrogen-bond donors (Lipinski definition) is 1. The van der Waals surface area contributed by atoms with Crippen molar-refractivity contribution in [1.29, 1.82) is 0 Å². The standard InChI is InChI=1S/C22H20N4O4S2/c1-5-29-21(28)18-11(2)17-19(24-12(3)25-20(17)32-18)30-15-8-6-14(7-9-15)16-10-23-22(31-16)26-13(4)27/h6-10H,5H2,1-4H3,(H,23,26,27). The highest BCUT2D eigenvalue weighted by Gasteiger charge is 2.22. The number of rotatable bonds is 6. The van der Waals surface area contributed by atoms with Crippen molar-refractivity contribution in [3.05, 3.63) is 46.7 Å². The van der Waals surface area contributed by atoms with Gasteiger partial charge in [-0.3, -0.25) is 4.79 Å². The van der Waals surface area contributed by atoms with Crippen molar-refractivity contribution in [2.75, 3.05) is 11.9 Å². The molecule has 1 N–H and O–H groups in total. The van der Waals surface area contributed by atoms with Gasteiger partial charge in [-0.2, -0.15) is 4.98 Å². The number of thiazole rings is 1. The molecule has 0 aliphatic heterocycles. The number of ether oxygens (including phenoxy) is 2. The van der Waals surface area contributed by atoms with E-state index in [1.54, 1.807) is 20.0 Å². The Bertz CT molecular complexity index is 1310. The van der Waals surface area contributed by atoms with E-state index in [0.29, 0.717) is 44.3 Å². The van der Waals surface area contributed by atoms with Gasteiger partial charge in [-0.05, 0) is 56.2 Å². The third kappa shape index (κ3) is 4.46. The van der Waals surface area contributed by atoms with Gasteiger partial charge in [0.05, 0.1) is 16.9 Å². The minimum atomic E-state index is -0.371. The average Bonchev–Trinajstić information content (AvgIpc) is 3.33. The lowest BCUT2D eigenvalue weighted by atomic mass is 10.2. The van der Waals surface area contributed by atoms with E-state index < -0.39 is 0 Å². The summed E-state index contributed by atoms with van der Waals surface area (Å²) in [5.74, 6) is 1.02. The summed E-state index contributed by atoms with van der Waals surface area (Å²) in [6.45, 7) is 7.15. The van der Waals surface area contributed by atoms with Crippen LogP contribution in [0.3, 0.4) is 0 Å². The molecule has 1 aromatic carbocycles. The largest absolute Gasteiger partial charge is 0.462 e. The van der Waals surface area contributed by atoms with Crippen molar-refractivity contribution in [2.24, 2.45) is 0 Å². The van der Waals surface area contributed by atoms with Crippen molar-refractivity contribution in [1.82, 2.24) is 15.0 Å². The topological polar surface area (TPSA) is 103 Å². The van der Waals surface area contributed by atoms with Gasteiger partial charge in [-0.25, -0.2) is 14.8 Å². The summed E-state index contributed by atoms with van der Waals surface area (Å²) in [6, 6.07) is 7.50. The Hall–Kier alpha value is -3.37. The molecular weight excluding hydrogens is 448 g/mol. The van der Waals surface area contributed by atoms with Crippen LogP contribution < -0.4 is 10.1 Å². The second-order valence-electron chi connectivity index (χ2n) is 6.87. The molecule has 10 heteroatoms. The predicted molar refractivity (Wildman–Crippen MR) is 125 cm³/mol. The average molecular weight is 469 g/mol. The van der Waals surface area contributed by atoms with Crippen molar-refractivity contribution in [3.8, 4) is 22.1 Å². The van der Waals surface area contributed by atoms with Crippen molar-refractivity contribution < 1.29 is 19.1 Å². The number of aryl methyl sites for hydroxylation is 2. The number of amides is 1. The van der Waals surface area contributed by atoms with Gasteiger partial charge in [-0.1, -0.05) is 11.3 Å². The molecule has 4 rings (SSSR count). The number of thiophene rings is 1. The third-order valence-corrected chi connectivity index (χ3v) is 6.60. The Morgan fingerprint density at radius 1 is 1.09 bits per heavy atom. The Kier molecular flexibility index (Phi) is 6.15. The van der Waals surface area contributed by atoms with Gasteiger partial charge in [0.1, 0.15) is 21.3 Å². The molecular formula is C22H20N4O4S2. The summed E-state index contributed by atoms with van der Waals surface area (Å²) in [7, 11) is 0. The number of hydrogen-bond acceptors (Lipinski definition) is 9. The normalized spacial score (nSPS) is 10.9. The number of carbonyl (C=O) groups is 2. The molecule has 0 saturated heterocycles. The fraction of sp³-hybridized carbons (Fsp3) is 0.227. The highest BCUT2D eigenvalue weighted by molar-refractivity contribution is 7.20. The molecule has 0 radical (unpaired) electrons. The molecule has 0 aliphatic carbocycles. The molecule has 8 nitrogen and oxygen atoms in total. The summed E-state index contributed by atoms with van der Waals surface area (Å²) < 4.78 is 11.2. The molecule has 1 amide bonds. The molecule has 0 fully saturated rings. The van der Waals surface area contributed by atoms with Crippen LogP contribution in [0.5, 0.6) is 11.6 Å². The van der Waals surface area contributed by atoms with E-state index >= 15 is 0 Å². The van der Waals surface area contributed by atoms with Gasteiger partial charge in [0, 0.05) is 13.1 Å². The molecule has 32 heavy (non-hydrogen) atoms. The molecule has 0 spiro atoms. The lowest BCUT2D eigenvalue weighted by Gasteiger charge is -2.08. The fourth-order valence-corrected chi connectivity index (χ4v) is 5.06. The summed E-state index contributed by atoms with van der Waals surface area (Å²) >= 11 is 2.67. The van der Waals surface area contributed by atoms with Crippen LogP contribution >= 0.6 is 22.7 Å². The van der Waals surface area contributed by atoms with E-state index in [2.05, 4.69) is 20.3 Å². The van der Waals surface area contributed by atoms with Crippen LogP contribution in [0, 0.1) is 13.8 Å². The van der Waals surface area contributed by atoms with Gasteiger partial charge in [0.25, 0.3) is 0 Å². The second kappa shape index (κ2) is 9.01. The van der Waals surface area contributed by atoms with E-state index in [9.17, 15) is 9.59 Å². The van der Waals surface area contributed by atoms with Crippen molar-refractivity contribution in [3.63, 3.8) is 0 Å². The zero-order valence-electron chi connectivity index (χ0n) is 17.9. The Morgan fingerprint density at radius 2 is 1.84 bits per heavy atom. The van der Waals surface area contributed by atoms with Gasteiger partial charge in [0.2, 0.25) is 11.8 Å². The molecule has 3 heterocycles. The maximum absolute atomic E-state index is 12.3. The smallest absolute Gasteiger partial charge is 0.348 e. The van der Waals surface area contributed by atoms with Gasteiger partial charge in [0.15, 0.2) is 5.13 Å². The van der Waals surface area contributed by atoms with E-state index in [0.717, 1.165) is 16.0 Å². The number of anilines is 1. The minimum absolute atomic E-state index is 0.157. The zero-order chi connectivity index (χ0) is 22.8. The van der Waals surface area contributed by atoms with Crippen molar-refractivity contribution >= 4 is 49.9 Å². The van der Waals surface area contributed by atoms with Crippen molar-refractivity contribution in [2.45, 2.75) is 27.7 Å². The van der Waals surface area contributed by atoms with Crippen LogP contribution in [0.2, 0.25) is 0 Å². The van der Waals surface area contributed by atoms with Crippen LogP contribution in [0.15, 0.2) is 30.5 Å². The second-order valence-corrected chi connectivity index (χ2v) is 8.90. The van der Waals surface area contributed by atoms with Gasteiger partial charge >= 0.3 is 5.97 Å². The van der Waals surface area contributed by atoms with E-state index in [-0.39, 0.29) is 11.9 Å². The first-order valence-electron chi connectivity index (χ1n) is 9.82. The molecule has 164 valence electrons. The molecule has 0 atom stereocenters. The van der Waals surface area contributed by atoms with Gasteiger partial charge in [-0.15, -0.1) is 11.3 Å². The maximum Gasteiger partial charge on any atom is 0.348 e. The molecule has 0 saturated carbocycles. The summed E-state index contributed by atoms with van der Waals surface area (Å²) in [5.41, 5.74) is 1.69. The number of nitrogens with zero attached hydrogens (tertiary/aromatic N) is 3. The molecule has 4 aromatic rings. The number of benzene rings is 1. The monoisotopic (exact) mass is 468 g/mol. The Morgan fingerprint density at radius 3 is 2.53 bits per heavy atom. The first-order valence-corrected chi connectivity index (χ1v) is 11.5. The maximum atomic E-state index is 12.3. The Labute approximate surface area is 192 Å². The fourth-order valence-electron chi connectivity index (χ4n) is 3.08. The minimum Gasteiger partial charge on any atom is -0.462 e. The van der Waals surface area contributed by atoms with Crippen LogP contribution in [0.25, 0.3) is 20.7 Å². The first kappa shape index (κ1) is 21.8. The van der Waals surface area contributed by atoms with E-state index in [4.69, 9.17) is 9.47 Å². The summed E-state index contributed by atoms with van der Waals surface area (Å²) in [5, 5.41) is 3.94. The van der Waals surface area contributed by atoms with Crippen LogP contribution in [-0.4, -0.2) is 33.4 Å². The molecule has 0 bridgehead atoms. The summed E-state index contributed by atoms with van der Waals surface area (Å²) in [6.07, 6.45) is 1.72. The number of aromatic nitrogens is 3. The lowest BCUT2D eigenvalue weighted by molar-refractivity contribution is -0.114. The number of nitrogens with one attached hydrogen (secondary N) is 1.